The second-order valence-electron chi connectivity index (χ2n) is 5.45. The summed E-state index contributed by atoms with van der Waals surface area (Å²) in [6.07, 6.45) is 1.13. The Morgan fingerprint density at radius 2 is 1.86 bits per heavy atom. The molecule has 0 aromatic heterocycles. The summed E-state index contributed by atoms with van der Waals surface area (Å²) in [6.45, 7) is 5.90. The van der Waals surface area contributed by atoms with Crippen LogP contribution in [0.1, 0.15) is 39.2 Å². The lowest BCUT2D eigenvalue weighted by molar-refractivity contribution is -0.126. The number of halogens is 1. The van der Waals surface area contributed by atoms with Crippen molar-refractivity contribution in [2.45, 2.75) is 45.2 Å². The molecule has 0 saturated heterocycles. The Kier molecular flexibility index (Phi) is 8.75. The Balaban J connectivity index is 0.00000441. The van der Waals surface area contributed by atoms with Crippen molar-refractivity contribution >= 4 is 24.2 Å². The van der Waals surface area contributed by atoms with Gasteiger partial charge in [-0.25, -0.2) is 0 Å². The van der Waals surface area contributed by atoms with E-state index in [1.54, 1.807) is 6.92 Å². The number of carbonyl (C=O) groups is 2. The standard InChI is InChI=1S/C16H25N3O2.ClH/c1-4-12(2)19-14(20)10-11-18-15(21)16(3,17)13-8-6-5-7-9-13;/h5-9,12H,4,10-11,17H2,1-3H3,(H,18,21)(H,19,20);1H. The van der Waals surface area contributed by atoms with Crippen LogP contribution in [0.5, 0.6) is 0 Å². The highest BCUT2D eigenvalue weighted by Gasteiger charge is 2.29. The molecule has 0 aliphatic carbocycles. The van der Waals surface area contributed by atoms with Crippen LogP contribution in [0.25, 0.3) is 0 Å². The smallest absolute Gasteiger partial charge is 0.244 e. The van der Waals surface area contributed by atoms with Gasteiger partial charge in [0.15, 0.2) is 0 Å². The van der Waals surface area contributed by atoms with E-state index in [1.807, 2.05) is 44.2 Å². The van der Waals surface area contributed by atoms with E-state index >= 15 is 0 Å². The van der Waals surface area contributed by atoms with Gasteiger partial charge in [-0.15, -0.1) is 12.4 Å². The highest BCUT2D eigenvalue weighted by molar-refractivity contribution is 5.87. The fourth-order valence-corrected chi connectivity index (χ4v) is 1.84. The number of benzene rings is 1. The lowest BCUT2D eigenvalue weighted by atomic mass is 9.92. The van der Waals surface area contributed by atoms with E-state index in [0.717, 1.165) is 12.0 Å². The predicted octanol–water partition coefficient (Wildman–Crippen LogP) is 1.70. The van der Waals surface area contributed by atoms with E-state index in [0.29, 0.717) is 0 Å². The van der Waals surface area contributed by atoms with Crippen molar-refractivity contribution in [2.24, 2.45) is 5.73 Å². The van der Waals surface area contributed by atoms with Gasteiger partial charge in [0.05, 0.1) is 0 Å². The third kappa shape index (κ3) is 6.03. The van der Waals surface area contributed by atoms with E-state index in [2.05, 4.69) is 10.6 Å². The van der Waals surface area contributed by atoms with Crippen LogP contribution in [0.3, 0.4) is 0 Å². The molecule has 0 saturated carbocycles. The number of carbonyl (C=O) groups excluding carboxylic acids is 2. The number of amides is 2. The molecule has 124 valence electrons. The zero-order valence-electron chi connectivity index (χ0n) is 13.4. The summed E-state index contributed by atoms with van der Waals surface area (Å²) in [6, 6.07) is 9.33. The Morgan fingerprint density at radius 3 is 2.41 bits per heavy atom. The maximum atomic E-state index is 12.2. The van der Waals surface area contributed by atoms with Crippen LogP contribution in [0.15, 0.2) is 30.3 Å². The van der Waals surface area contributed by atoms with Crippen molar-refractivity contribution in [2.75, 3.05) is 6.54 Å². The molecule has 2 unspecified atom stereocenters. The van der Waals surface area contributed by atoms with Crippen LogP contribution in [-0.4, -0.2) is 24.4 Å². The predicted molar refractivity (Wildman–Crippen MR) is 90.8 cm³/mol. The minimum Gasteiger partial charge on any atom is -0.354 e. The van der Waals surface area contributed by atoms with Crippen LogP contribution in [0, 0.1) is 0 Å². The van der Waals surface area contributed by atoms with E-state index in [1.165, 1.54) is 0 Å². The van der Waals surface area contributed by atoms with E-state index in [4.69, 9.17) is 5.73 Å². The van der Waals surface area contributed by atoms with Gasteiger partial charge in [0, 0.05) is 19.0 Å². The number of nitrogens with two attached hydrogens (primary N) is 1. The summed E-state index contributed by atoms with van der Waals surface area (Å²) in [4.78, 5) is 23.8. The van der Waals surface area contributed by atoms with Gasteiger partial charge in [0.1, 0.15) is 5.54 Å². The zero-order chi connectivity index (χ0) is 15.9. The topological polar surface area (TPSA) is 84.2 Å². The summed E-state index contributed by atoms with van der Waals surface area (Å²) in [5, 5.41) is 5.57. The molecule has 2 amide bonds. The van der Waals surface area contributed by atoms with Gasteiger partial charge in [-0.05, 0) is 25.8 Å². The molecule has 2 atom stereocenters. The van der Waals surface area contributed by atoms with Crippen molar-refractivity contribution in [1.82, 2.24) is 10.6 Å². The first-order valence-electron chi connectivity index (χ1n) is 7.30. The number of hydrogen-bond donors (Lipinski definition) is 3. The molecule has 0 heterocycles. The first-order valence-corrected chi connectivity index (χ1v) is 7.30. The Bertz CT molecular complexity index is 478. The minimum atomic E-state index is -1.10. The average molecular weight is 328 g/mol. The summed E-state index contributed by atoms with van der Waals surface area (Å²) in [7, 11) is 0. The molecule has 1 aromatic rings. The number of nitrogens with one attached hydrogen (secondary N) is 2. The first kappa shape index (κ1) is 20.4. The molecule has 6 heteroatoms. The molecule has 0 aliphatic rings. The van der Waals surface area contributed by atoms with Crippen molar-refractivity contribution in [3.05, 3.63) is 35.9 Å². The van der Waals surface area contributed by atoms with Crippen LogP contribution in [-0.2, 0) is 15.1 Å². The average Bonchev–Trinajstić information content (AvgIpc) is 2.47. The molecular weight excluding hydrogens is 302 g/mol. The Hall–Kier alpha value is -1.59. The Labute approximate surface area is 138 Å². The second-order valence-corrected chi connectivity index (χ2v) is 5.45. The summed E-state index contributed by atoms with van der Waals surface area (Å²) in [5.41, 5.74) is 5.73. The first-order chi connectivity index (χ1) is 9.87. The zero-order valence-corrected chi connectivity index (χ0v) is 14.2. The maximum Gasteiger partial charge on any atom is 0.244 e. The molecule has 1 aromatic carbocycles. The molecule has 5 nitrogen and oxygen atoms in total. The number of rotatable bonds is 7. The van der Waals surface area contributed by atoms with Gasteiger partial charge in [0.2, 0.25) is 11.8 Å². The molecule has 0 aliphatic heterocycles. The summed E-state index contributed by atoms with van der Waals surface area (Å²) < 4.78 is 0. The second kappa shape index (κ2) is 9.43. The molecule has 0 bridgehead atoms. The van der Waals surface area contributed by atoms with Crippen molar-refractivity contribution in [3.8, 4) is 0 Å². The fraction of sp³-hybridized carbons (Fsp3) is 0.500. The SMILES string of the molecule is CCC(C)NC(=O)CCNC(=O)C(C)(N)c1ccccc1.Cl. The van der Waals surface area contributed by atoms with Crippen molar-refractivity contribution in [3.63, 3.8) is 0 Å². The monoisotopic (exact) mass is 327 g/mol. The molecule has 0 spiro atoms. The van der Waals surface area contributed by atoms with Crippen LogP contribution < -0.4 is 16.4 Å². The highest BCUT2D eigenvalue weighted by Crippen LogP contribution is 2.17. The normalized spacial score (nSPS) is 14.2. The lowest BCUT2D eigenvalue weighted by Gasteiger charge is -2.24. The van der Waals surface area contributed by atoms with Crippen molar-refractivity contribution < 1.29 is 9.59 Å². The van der Waals surface area contributed by atoms with Gasteiger partial charge in [-0.2, -0.15) is 0 Å². The van der Waals surface area contributed by atoms with Crippen LogP contribution in [0.4, 0.5) is 0 Å². The van der Waals surface area contributed by atoms with Gasteiger partial charge < -0.3 is 16.4 Å². The number of hydrogen-bond acceptors (Lipinski definition) is 3. The molecular formula is C16H26ClN3O2. The lowest BCUT2D eigenvalue weighted by Crippen LogP contribution is -2.49. The summed E-state index contributed by atoms with van der Waals surface area (Å²) >= 11 is 0. The van der Waals surface area contributed by atoms with E-state index < -0.39 is 5.54 Å². The van der Waals surface area contributed by atoms with E-state index in [9.17, 15) is 9.59 Å². The van der Waals surface area contributed by atoms with Gasteiger partial charge in [-0.3, -0.25) is 9.59 Å². The van der Waals surface area contributed by atoms with Gasteiger partial charge >= 0.3 is 0 Å². The maximum absolute atomic E-state index is 12.2. The molecule has 0 fully saturated rings. The third-order valence-electron chi connectivity index (χ3n) is 3.50. The molecule has 1 rings (SSSR count). The third-order valence-corrected chi connectivity index (χ3v) is 3.50. The van der Waals surface area contributed by atoms with Crippen molar-refractivity contribution in [1.29, 1.82) is 0 Å². The van der Waals surface area contributed by atoms with E-state index in [-0.39, 0.29) is 43.2 Å². The quantitative estimate of drug-likeness (QED) is 0.712. The van der Waals surface area contributed by atoms with Gasteiger partial charge in [-0.1, -0.05) is 37.3 Å². The van der Waals surface area contributed by atoms with Gasteiger partial charge in [0.25, 0.3) is 0 Å². The highest BCUT2D eigenvalue weighted by atomic mass is 35.5. The van der Waals surface area contributed by atoms with Crippen LogP contribution in [0.2, 0.25) is 0 Å². The summed E-state index contributed by atoms with van der Waals surface area (Å²) in [5.74, 6) is -0.354. The van der Waals surface area contributed by atoms with Crippen LogP contribution >= 0.6 is 12.4 Å². The molecule has 22 heavy (non-hydrogen) atoms. The minimum absolute atomic E-state index is 0. The Morgan fingerprint density at radius 1 is 1.27 bits per heavy atom. The largest absolute Gasteiger partial charge is 0.354 e. The fourth-order valence-electron chi connectivity index (χ4n) is 1.84. The molecule has 4 N–H and O–H groups in total. The molecule has 0 radical (unpaired) electrons.